The van der Waals surface area contributed by atoms with E-state index in [1.807, 2.05) is 0 Å². The second-order valence-corrected chi connectivity index (χ2v) is 4.94. The van der Waals surface area contributed by atoms with Gasteiger partial charge in [-0.05, 0) is 43.7 Å². The third-order valence-corrected chi connectivity index (χ3v) is 3.13. The van der Waals surface area contributed by atoms with E-state index in [0.717, 1.165) is 18.2 Å². The quantitative estimate of drug-likeness (QED) is 0.900. The second-order valence-electron chi connectivity index (χ2n) is 4.94. The fourth-order valence-electron chi connectivity index (χ4n) is 1.83. The lowest BCUT2D eigenvalue weighted by Crippen LogP contribution is -2.32. The summed E-state index contributed by atoms with van der Waals surface area (Å²) >= 11 is 0. The van der Waals surface area contributed by atoms with Crippen LogP contribution in [0.15, 0.2) is 36.4 Å². The largest absolute Gasteiger partial charge is 0.374 e. The average molecular weight is 308 g/mol. The molecule has 2 aromatic carbocycles. The summed E-state index contributed by atoms with van der Waals surface area (Å²) in [5.74, 6) is -2.35. The van der Waals surface area contributed by atoms with Gasteiger partial charge in [-0.2, -0.15) is 0 Å². The topological polar surface area (TPSA) is 41.1 Å². The Labute approximate surface area is 126 Å². The van der Waals surface area contributed by atoms with E-state index in [-0.39, 0.29) is 5.69 Å². The van der Waals surface area contributed by atoms with Crippen molar-refractivity contribution in [2.75, 3.05) is 10.6 Å². The van der Waals surface area contributed by atoms with Gasteiger partial charge in [-0.1, -0.05) is 6.07 Å². The Balaban J connectivity index is 2.05. The summed E-state index contributed by atoms with van der Waals surface area (Å²) in [6.07, 6.45) is 0. The third kappa shape index (κ3) is 3.78. The van der Waals surface area contributed by atoms with E-state index in [9.17, 15) is 18.0 Å². The van der Waals surface area contributed by atoms with Crippen molar-refractivity contribution in [3.8, 4) is 0 Å². The highest BCUT2D eigenvalue weighted by Gasteiger charge is 2.15. The molecule has 0 bridgehead atoms. The number of carbonyl (C=O) groups excluding carboxylic acids is 1. The lowest BCUT2D eigenvalue weighted by molar-refractivity contribution is -0.116. The Morgan fingerprint density at radius 1 is 1.05 bits per heavy atom. The van der Waals surface area contributed by atoms with E-state index in [1.54, 1.807) is 19.1 Å². The molecule has 0 aliphatic rings. The average Bonchev–Trinajstić information content (AvgIpc) is 2.46. The maximum absolute atomic E-state index is 13.5. The van der Waals surface area contributed by atoms with E-state index in [1.165, 1.54) is 13.0 Å². The molecular weight excluding hydrogens is 293 g/mol. The number of aryl methyl sites for hydroxylation is 1. The van der Waals surface area contributed by atoms with Crippen LogP contribution in [0.1, 0.15) is 12.5 Å². The number of hydrogen-bond acceptors (Lipinski definition) is 2. The van der Waals surface area contributed by atoms with Crippen molar-refractivity contribution in [3.63, 3.8) is 0 Å². The van der Waals surface area contributed by atoms with Crippen LogP contribution in [-0.4, -0.2) is 11.9 Å². The van der Waals surface area contributed by atoms with Gasteiger partial charge in [-0.3, -0.25) is 4.79 Å². The highest BCUT2D eigenvalue weighted by Crippen LogP contribution is 2.17. The van der Waals surface area contributed by atoms with Gasteiger partial charge in [0, 0.05) is 11.8 Å². The molecule has 6 heteroatoms. The SMILES string of the molecule is Cc1ccc(NC(C)C(=O)Nc2cc(F)ccc2F)cc1F. The monoisotopic (exact) mass is 308 g/mol. The fourth-order valence-corrected chi connectivity index (χ4v) is 1.83. The van der Waals surface area contributed by atoms with Gasteiger partial charge in [0.05, 0.1) is 5.69 Å². The first kappa shape index (κ1) is 15.9. The van der Waals surface area contributed by atoms with E-state index >= 15 is 0 Å². The minimum atomic E-state index is -0.759. The molecule has 22 heavy (non-hydrogen) atoms. The Morgan fingerprint density at radius 3 is 2.45 bits per heavy atom. The van der Waals surface area contributed by atoms with Gasteiger partial charge in [0.15, 0.2) is 0 Å². The number of halogens is 3. The van der Waals surface area contributed by atoms with E-state index in [0.29, 0.717) is 11.3 Å². The molecule has 0 heterocycles. The van der Waals surface area contributed by atoms with Crippen LogP contribution in [0.5, 0.6) is 0 Å². The highest BCUT2D eigenvalue weighted by molar-refractivity contribution is 5.96. The first-order valence-electron chi connectivity index (χ1n) is 6.65. The molecule has 1 atom stereocenters. The third-order valence-electron chi connectivity index (χ3n) is 3.13. The summed E-state index contributed by atoms with van der Waals surface area (Å²) in [6, 6.07) is 6.50. The van der Waals surface area contributed by atoms with Crippen LogP contribution in [0, 0.1) is 24.4 Å². The van der Waals surface area contributed by atoms with Crippen molar-refractivity contribution < 1.29 is 18.0 Å². The van der Waals surface area contributed by atoms with Gasteiger partial charge < -0.3 is 10.6 Å². The summed E-state index contributed by atoms with van der Waals surface area (Å²) in [5.41, 5.74) is 0.670. The molecule has 0 aliphatic heterocycles. The molecule has 0 aliphatic carbocycles. The Kier molecular flexibility index (Phi) is 4.70. The molecule has 0 spiro atoms. The Hall–Kier alpha value is -2.50. The molecule has 1 unspecified atom stereocenters. The number of hydrogen-bond donors (Lipinski definition) is 2. The minimum Gasteiger partial charge on any atom is -0.374 e. The minimum absolute atomic E-state index is 0.242. The number of anilines is 2. The van der Waals surface area contributed by atoms with Crippen molar-refractivity contribution in [1.29, 1.82) is 0 Å². The van der Waals surface area contributed by atoms with Crippen LogP contribution >= 0.6 is 0 Å². The number of benzene rings is 2. The van der Waals surface area contributed by atoms with Crippen LogP contribution in [-0.2, 0) is 4.79 Å². The summed E-state index contributed by atoms with van der Waals surface area (Å²) in [6.45, 7) is 3.16. The van der Waals surface area contributed by atoms with Crippen molar-refractivity contribution >= 4 is 17.3 Å². The van der Waals surface area contributed by atoms with Gasteiger partial charge in [0.2, 0.25) is 5.91 Å². The number of rotatable bonds is 4. The molecule has 1 amide bonds. The van der Waals surface area contributed by atoms with Crippen LogP contribution < -0.4 is 10.6 Å². The van der Waals surface area contributed by atoms with E-state index in [2.05, 4.69) is 10.6 Å². The summed E-state index contributed by atoms with van der Waals surface area (Å²) in [4.78, 5) is 12.0. The van der Waals surface area contributed by atoms with Gasteiger partial charge in [0.1, 0.15) is 23.5 Å². The first-order chi connectivity index (χ1) is 10.4. The molecule has 0 fully saturated rings. The van der Waals surface area contributed by atoms with Crippen molar-refractivity contribution in [3.05, 3.63) is 59.4 Å². The van der Waals surface area contributed by atoms with Crippen molar-refractivity contribution in [2.24, 2.45) is 0 Å². The maximum Gasteiger partial charge on any atom is 0.246 e. The Bertz CT molecular complexity index is 704. The normalized spacial score (nSPS) is 11.9. The summed E-state index contributed by atoms with van der Waals surface area (Å²) in [5, 5.41) is 5.08. The second kappa shape index (κ2) is 6.51. The maximum atomic E-state index is 13.5. The van der Waals surface area contributed by atoms with Crippen molar-refractivity contribution in [2.45, 2.75) is 19.9 Å². The van der Waals surface area contributed by atoms with Gasteiger partial charge in [-0.15, -0.1) is 0 Å². The van der Waals surface area contributed by atoms with Crippen LogP contribution in [0.3, 0.4) is 0 Å². The standard InChI is InChI=1S/C16H15F3N2O/c1-9-3-5-12(8-14(9)19)20-10(2)16(22)21-15-7-11(17)4-6-13(15)18/h3-8,10,20H,1-2H3,(H,21,22). The zero-order chi connectivity index (χ0) is 16.3. The number of carbonyl (C=O) groups is 1. The summed E-state index contributed by atoms with van der Waals surface area (Å²) < 4.78 is 40.0. The fraction of sp³-hybridized carbons (Fsp3) is 0.188. The molecule has 3 nitrogen and oxygen atoms in total. The Morgan fingerprint density at radius 2 is 1.77 bits per heavy atom. The van der Waals surface area contributed by atoms with E-state index < -0.39 is 29.4 Å². The molecule has 2 aromatic rings. The van der Waals surface area contributed by atoms with E-state index in [4.69, 9.17) is 0 Å². The number of nitrogens with one attached hydrogen (secondary N) is 2. The molecule has 0 radical (unpaired) electrons. The smallest absolute Gasteiger partial charge is 0.246 e. The predicted molar refractivity (Wildman–Crippen MR) is 79.2 cm³/mol. The van der Waals surface area contributed by atoms with Crippen LogP contribution in [0.25, 0.3) is 0 Å². The van der Waals surface area contributed by atoms with Crippen molar-refractivity contribution in [1.82, 2.24) is 0 Å². The molecule has 0 aromatic heterocycles. The zero-order valence-corrected chi connectivity index (χ0v) is 12.1. The van der Waals surface area contributed by atoms with Crippen LogP contribution in [0.2, 0.25) is 0 Å². The molecule has 0 saturated carbocycles. The highest BCUT2D eigenvalue weighted by atomic mass is 19.1. The number of amides is 1. The molecule has 2 rings (SSSR count). The molecule has 0 saturated heterocycles. The van der Waals surface area contributed by atoms with Crippen LogP contribution in [0.4, 0.5) is 24.5 Å². The van der Waals surface area contributed by atoms with Gasteiger partial charge >= 0.3 is 0 Å². The molecule has 116 valence electrons. The lowest BCUT2D eigenvalue weighted by atomic mass is 10.2. The lowest BCUT2D eigenvalue weighted by Gasteiger charge is -2.16. The zero-order valence-electron chi connectivity index (χ0n) is 12.1. The van der Waals surface area contributed by atoms with Gasteiger partial charge in [-0.25, -0.2) is 13.2 Å². The van der Waals surface area contributed by atoms with Gasteiger partial charge in [0.25, 0.3) is 0 Å². The first-order valence-corrected chi connectivity index (χ1v) is 6.65. The molecule has 2 N–H and O–H groups in total. The summed E-state index contributed by atoms with van der Waals surface area (Å²) in [7, 11) is 0. The predicted octanol–water partition coefficient (Wildman–Crippen LogP) is 3.85. The molecular formula is C16H15F3N2O.